The van der Waals surface area contributed by atoms with Gasteiger partial charge in [0.25, 0.3) is 5.91 Å². The van der Waals surface area contributed by atoms with Crippen molar-refractivity contribution in [2.75, 3.05) is 5.88 Å². The maximum Gasteiger partial charge on any atom is 0.419 e. The van der Waals surface area contributed by atoms with Crippen LogP contribution in [-0.2, 0) is 6.18 Å². The van der Waals surface area contributed by atoms with Gasteiger partial charge in [0.15, 0.2) is 0 Å². The van der Waals surface area contributed by atoms with Crippen LogP contribution in [0.5, 0.6) is 0 Å². The van der Waals surface area contributed by atoms with Crippen LogP contribution in [0.1, 0.15) is 22.8 Å². The first kappa shape index (κ1) is 14.8. The van der Waals surface area contributed by atoms with Crippen molar-refractivity contribution in [2.24, 2.45) is 0 Å². The molecular formula is C11H10ClF4NO. The van der Waals surface area contributed by atoms with Gasteiger partial charge in [-0.15, -0.1) is 11.6 Å². The molecule has 1 rings (SSSR count). The third kappa shape index (κ3) is 3.60. The highest BCUT2D eigenvalue weighted by Gasteiger charge is 2.34. The Labute approximate surface area is 106 Å². The van der Waals surface area contributed by atoms with Crippen molar-refractivity contribution >= 4 is 17.5 Å². The largest absolute Gasteiger partial charge is 0.419 e. The molecule has 1 atom stereocenters. The van der Waals surface area contributed by atoms with Gasteiger partial charge in [0.1, 0.15) is 5.82 Å². The van der Waals surface area contributed by atoms with Gasteiger partial charge in [-0.25, -0.2) is 4.39 Å². The van der Waals surface area contributed by atoms with Gasteiger partial charge in [-0.3, -0.25) is 4.79 Å². The van der Waals surface area contributed by atoms with Crippen LogP contribution < -0.4 is 5.32 Å². The molecule has 0 aromatic heterocycles. The molecule has 0 saturated heterocycles. The van der Waals surface area contributed by atoms with E-state index in [9.17, 15) is 22.4 Å². The molecule has 0 heterocycles. The van der Waals surface area contributed by atoms with E-state index in [0.29, 0.717) is 12.1 Å². The Hall–Kier alpha value is -1.30. The molecule has 100 valence electrons. The molecule has 0 saturated carbocycles. The Morgan fingerprint density at radius 3 is 2.56 bits per heavy atom. The average molecular weight is 284 g/mol. The molecule has 1 amide bonds. The summed E-state index contributed by atoms with van der Waals surface area (Å²) in [6.45, 7) is 1.60. The van der Waals surface area contributed by atoms with Crippen molar-refractivity contribution in [3.05, 3.63) is 35.1 Å². The minimum atomic E-state index is -4.83. The van der Waals surface area contributed by atoms with Gasteiger partial charge in [0, 0.05) is 17.5 Å². The van der Waals surface area contributed by atoms with E-state index in [2.05, 4.69) is 5.32 Å². The second kappa shape index (κ2) is 5.56. The predicted octanol–water partition coefficient (Wildman–Crippen LogP) is 3.20. The third-order valence-electron chi connectivity index (χ3n) is 2.14. The van der Waals surface area contributed by atoms with Gasteiger partial charge < -0.3 is 5.32 Å². The minimum Gasteiger partial charge on any atom is -0.348 e. The van der Waals surface area contributed by atoms with Gasteiger partial charge in [0.05, 0.1) is 5.56 Å². The van der Waals surface area contributed by atoms with E-state index in [1.165, 1.54) is 0 Å². The number of amides is 1. The van der Waals surface area contributed by atoms with E-state index in [0.717, 1.165) is 6.07 Å². The molecule has 18 heavy (non-hydrogen) atoms. The predicted molar refractivity (Wildman–Crippen MR) is 59.1 cm³/mol. The van der Waals surface area contributed by atoms with Crippen molar-refractivity contribution in [1.29, 1.82) is 0 Å². The van der Waals surface area contributed by atoms with Gasteiger partial charge >= 0.3 is 6.18 Å². The van der Waals surface area contributed by atoms with Crippen molar-refractivity contribution in [3.63, 3.8) is 0 Å². The standard InChI is InChI=1S/C11H10ClF4NO/c1-6(5-12)17-10(18)7-2-3-9(13)8(4-7)11(14,15)16/h2-4,6H,5H2,1H3,(H,17,18). The van der Waals surface area contributed by atoms with Gasteiger partial charge in [-0.1, -0.05) is 0 Å². The maximum absolute atomic E-state index is 13.0. The summed E-state index contributed by atoms with van der Waals surface area (Å²) in [5.41, 5.74) is -1.73. The monoisotopic (exact) mass is 283 g/mol. The first-order chi connectivity index (χ1) is 8.25. The molecular weight excluding hydrogens is 274 g/mol. The lowest BCUT2D eigenvalue weighted by Gasteiger charge is -2.12. The topological polar surface area (TPSA) is 29.1 Å². The molecule has 2 nitrogen and oxygen atoms in total. The quantitative estimate of drug-likeness (QED) is 0.670. The number of hydrogen-bond donors (Lipinski definition) is 1. The zero-order valence-electron chi connectivity index (χ0n) is 9.31. The molecule has 0 aliphatic carbocycles. The van der Waals surface area contributed by atoms with E-state index in [1.807, 2.05) is 0 Å². The number of hydrogen-bond acceptors (Lipinski definition) is 1. The maximum atomic E-state index is 13.0. The van der Waals surface area contributed by atoms with E-state index >= 15 is 0 Å². The summed E-state index contributed by atoms with van der Waals surface area (Å²) in [5.74, 6) is -2.02. The van der Waals surface area contributed by atoms with Gasteiger partial charge in [-0.2, -0.15) is 13.2 Å². The van der Waals surface area contributed by atoms with Crippen LogP contribution in [0, 0.1) is 5.82 Å². The summed E-state index contributed by atoms with van der Waals surface area (Å²) in [6.07, 6.45) is -4.83. The molecule has 1 N–H and O–H groups in total. The Morgan fingerprint density at radius 2 is 2.06 bits per heavy atom. The normalized spacial score (nSPS) is 13.2. The highest BCUT2D eigenvalue weighted by atomic mass is 35.5. The number of carbonyl (C=O) groups excluding carboxylic acids is 1. The first-order valence-electron chi connectivity index (χ1n) is 4.99. The summed E-state index contributed by atoms with van der Waals surface area (Å²) in [4.78, 5) is 11.5. The van der Waals surface area contributed by atoms with E-state index in [-0.39, 0.29) is 11.4 Å². The fraction of sp³-hybridized carbons (Fsp3) is 0.364. The van der Waals surface area contributed by atoms with E-state index < -0.39 is 29.5 Å². The number of rotatable bonds is 3. The molecule has 0 fully saturated rings. The second-order valence-electron chi connectivity index (χ2n) is 3.72. The third-order valence-corrected chi connectivity index (χ3v) is 2.61. The van der Waals surface area contributed by atoms with Crippen LogP contribution in [-0.4, -0.2) is 17.8 Å². The molecule has 0 radical (unpaired) electrons. The summed E-state index contributed by atoms with van der Waals surface area (Å²) in [5, 5.41) is 2.38. The first-order valence-corrected chi connectivity index (χ1v) is 5.52. The summed E-state index contributed by atoms with van der Waals surface area (Å²) in [7, 11) is 0. The number of nitrogens with one attached hydrogen (secondary N) is 1. The molecule has 0 aliphatic rings. The van der Waals surface area contributed by atoms with Crippen LogP contribution in [0.4, 0.5) is 17.6 Å². The van der Waals surface area contributed by atoms with Crippen molar-refractivity contribution in [1.82, 2.24) is 5.32 Å². The fourth-order valence-corrected chi connectivity index (χ4v) is 1.31. The van der Waals surface area contributed by atoms with Crippen LogP contribution in [0.2, 0.25) is 0 Å². The number of alkyl halides is 4. The number of carbonyl (C=O) groups is 1. The zero-order chi connectivity index (χ0) is 13.9. The van der Waals surface area contributed by atoms with Crippen LogP contribution in [0.25, 0.3) is 0 Å². The molecule has 1 unspecified atom stereocenters. The highest BCUT2D eigenvalue weighted by Crippen LogP contribution is 2.31. The highest BCUT2D eigenvalue weighted by molar-refractivity contribution is 6.18. The average Bonchev–Trinajstić information content (AvgIpc) is 2.27. The van der Waals surface area contributed by atoms with Crippen LogP contribution in [0.15, 0.2) is 18.2 Å². The SMILES string of the molecule is CC(CCl)NC(=O)c1ccc(F)c(C(F)(F)F)c1. The summed E-state index contributed by atoms with van der Waals surface area (Å²) in [6, 6.07) is 1.69. The molecule has 0 bridgehead atoms. The molecule has 0 spiro atoms. The summed E-state index contributed by atoms with van der Waals surface area (Å²) >= 11 is 5.46. The fourth-order valence-electron chi connectivity index (χ4n) is 1.23. The zero-order valence-corrected chi connectivity index (χ0v) is 10.1. The van der Waals surface area contributed by atoms with E-state index in [1.54, 1.807) is 6.92 Å². The minimum absolute atomic E-state index is 0.124. The Bertz CT molecular complexity index is 447. The number of halogens is 5. The Kier molecular flexibility index (Phi) is 4.56. The Balaban J connectivity index is 3.02. The Morgan fingerprint density at radius 1 is 1.44 bits per heavy atom. The summed E-state index contributed by atoms with van der Waals surface area (Å²) < 4.78 is 50.3. The lowest BCUT2D eigenvalue weighted by atomic mass is 10.1. The molecule has 7 heteroatoms. The lowest BCUT2D eigenvalue weighted by Crippen LogP contribution is -2.33. The van der Waals surface area contributed by atoms with Gasteiger partial charge in [-0.05, 0) is 25.1 Å². The van der Waals surface area contributed by atoms with Crippen molar-refractivity contribution in [3.8, 4) is 0 Å². The molecule has 1 aromatic rings. The van der Waals surface area contributed by atoms with Crippen molar-refractivity contribution in [2.45, 2.75) is 19.1 Å². The lowest BCUT2D eigenvalue weighted by molar-refractivity contribution is -0.140. The molecule has 1 aromatic carbocycles. The van der Waals surface area contributed by atoms with Crippen LogP contribution >= 0.6 is 11.6 Å². The second-order valence-corrected chi connectivity index (χ2v) is 4.03. The number of benzene rings is 1. The smallest absolute Gasteiger partial charge is 0.348 e. The van der Waals surface area contributed by atoms with E-state index in [4.69, 9.17) is 11.6 Å². The van der Waals surface area contributed by atoms with Crippen LogP contribution in [0.3, 0.4) is 0 Å². The van der Waals surface area contributed by atoms with Crippen molar-refractivity contribution < 1.29 is 22.4 Å². The molecule has 0 aliphatic heterocycles. The van der Waals surface area contributed by atoms with Gasteiger partial charge in [0.2, 0.25) is 0 Å².